The molecule has 0 aliphatic heterocycles. The molecule has 0 aliphatic rings. The van der Waals surface area contributed by atoms with Gasteiger partial charge in [0.25, 0.3) is 0 Å². The highest BCUT2D eigenvalue weighted by Crippen LogP contribution is 2.26. The van der Waals surface area contributed by atoms with E-state index in [1.54, 1.807) is 18.3 Å². The Morgan fingerprint density at radius 3 is 2.57 bits per heavy atom. The molecule has 0 N–H and O–H groups in total. The second kappa shape index (κ2) is 4.31. The van der Waals surface area contributed by atoms with Crippen molar-refractivity contribution in [2.75, 3.05) is 6.26 Å². The number of hydrogen-bond acceptors (Lipinski definition) is 4. The predicted molar refractivity (Wildman–Crippen MR) is 58.3 cm³/mol. The van der Waals surface area contributed by atoms with Gasteiger partial charge in [0.15, 0.2) is 9.84 Å². The number of nitrogens with zero attached hydrogens (tertiary/aromatic N) is 1. The van der Waals surface area contributed by atoms with Crippen molar-refractivity contribution in [3.63, 3.8) is 0 Å². The van der Waals surface area contributed by atoms with Crippen molar-refractivity contribution in [1.29, 1.82) is 0 Å². The summed E-state index contributed by atoms with van der Waals surface area (Å²) in [6.45, 7) is 4.01. The van der Waals surface area contributed by atoms with Crippen molar-refractivity contribution in [2.24, 2.45) is 0 Å². The third kappa shape index (κ3) is 2.99. The van der Waals surface area contributed by atoms with Crippen LogP contribution in [0.15, 0.2) is 28.3 Å². The topological polar surface area (TPSA) is 47.0 Å². The van der Waals surface area contributed by atoms with Crippen molar-refractivity contribution >= 4 is 21.6 Å². The molecule has 0 bridgehead atoms. The summed E-state index contributed by atoms with van der Waals surface area (Å²) in [4.78, 5) is 4.39. The van der Waals surface area contributed by atoms with Crippen molar-refractivity contribution in [3.05, 3.63) is 18.3 Å². The SMILES string of the molecule is CC(C)Sc1ncccc1S(C)(=O)=O. The zero-order chi connectivity index (χ0) is 10.8. The molecule has 3 nitrogen and oxygen atoms in total. The Morgan fingerprint density at radius 1 is 1.43 bits per heavy atom. The summed E-state index contributed by atoms with van der Waals surface area (Å²) < 4.78 is 22.8. The Bertz CT molecular complexity index is 413. The number of sulfone groups is 1. The highest BCUT2D eigenvalue weighted by molar-refractivity contribution is 8.00. The van der Waals surface area contributed by atoms with Crippen molar-refractivity contribution in [3.8, 4) is 0 Å². The number of hydrogen-bond donors (Lipinski definition) is 0. The number of rotatable bonds is 3. The molecule has 0 aliphatic carbocycles. The van der Waals surface area contributed by atoms with Crippen LogP contribution in [0.1, 0.15) is 13.8 Å². The first-order chi connectivity index (χ1) is 6.41. The third-order valence-electron chi connectivity index (χ3n) is 1.48. The van der Waals surface area contributed by atoms with E-state index < -0.39 is 9.84 Å². The van der Waals surface area contributed by atoms with Crippen molar-refractivity contribution in [2.45, 2.75) is 29.0 Å². The van der Waals surface area contributed by atoms with Crippen LogP contribution in [-0.4, -0.2) is 24.9 Å². The molecule has 1 heterocycles. The third-order valence-corrected chi connectivity index (χ3v) is 3.76. The van der Waals surface area contributed by atoms with E-state index in [4.69, 9.17) is 0 Å². The summed E-state index contributed by atoms with van der Waals surface area (Å²) in [6.07, 6.45) is 2.81. The molecule has 0 radical (unpaired) electrons. The first kappa shape index (κ1) is 11.5. The van der Waals surface area contributed by atoms with E-state index in [-0.39, 0.29) is 0 Å². The molecule has 0 spiro atoms. The van der Waals surface area contributed by atoms with Gasteiger partial charge in [-0.1, -0.05) is 13.8 Å². The molecule has 0 fully saturated rings. The lowest BCUT2D eigenvalue weighted by atomic mass is 10.5. The molecule has 0 saturated carbocycles. The Hall–Kier alpha value is -0.550. The first-order valence-corrected chi connectivity index (χ1v) is 7.00. The van der Waals surface area contributed by atoms with Gasteiger partial charge in [-0.05, 0) is 12.1 Å². The lowest BCUT2D eigenvalue weighted by molar-refractivity contribution is 0.598. The Morgan fingerprint density at radius 2 is 2.07 bits per heavy atom. The van der Waals surface area contributed by atoms with Gasteiger partial charge in [-0.15, -0.1) is 11.8 Å². The molecular formula is C9H13NO2S2. The summed E-state index contributed by atoms with van der Waals surface area (Å²) >= 11 is 1.46. The van der Waals surface area contributed by atoms with Crippen LogP contribution in [-0.2, 0) is 9.84 Å². The fourth-order valence-electron chi connectivity index (χ4n) is 0.970. The maximum Gasteiger partial charge on any atom is 0.178 e. The quantitative estimate of drug-likeness (QED) is 0.746. The highest BCUT2D eigenvalue weighted by atomic mass is 32.2. The standard InChI is InChI=1S/C9H13NO2S2/c1-7(2)13-9-8(14(3,11)12)5-4-6-10-9/h4-7H,1-3H3. The Labute approximate surface area is 88.9 Å². The molecule has 0 aromatic carbocycles. The van der Waals surface area contributed by atoms with Crippen molar-refractivity contribution in [1.82, 2.24) is 4.98 Å². The van der Waals surface area contributed by atoms with Crippen LogP contribution in [0.5, 0.6) is 0 Å². The van der Waals surface area contributed by atoms with Gasteiger partial charge in [0.1, 0.15) is 5.03 Å². The molecule has 78 valence electrons. The summed E-state index contributed by atoms with van der Waals surface area (Å²) in [5.74, 6) is 0. The Kier molecular flexibility index (Phi) is 3.55. The monoisotopic (exact) mass is 231 g/mol. The van der Waals surface area contributed by atoms with Gasteiger partial charge >= 0.3 is 0 Å². The van der Waals surface area contributed by atoms with Gasteiger partial charge in [0, 0.05) is 17.7 Å². The molecular weight excluding hydrogens is 218 g/mol. The Balaban J connectivity index is 3.17. The maximum atomic E-state index is 11.4. The zero-order valence-electron chi connectivity index (χ0n) is 8.39. The van der Waals surface area contributed by atoms with Crippen molar-refractivity contribution < 1.29 is 8.42 Å². The largest absolute Gasteiger partial charge is 0.249 e. The van der Waals surface area contributed by atoms with Crippen LogP contribution in [0.25, 0.3) is 0 Å². The molecule has 5 heteroatoms. The molecule has 0 atom stereocenters. The summed E-state index contributed by atoms with van der Waals surface area (Å²) in [6, 6.07) is 3.23. The molecule has 1 aromatic heterocycles. The first-order valence-electron chi connectivity index (χ1n) is 4.23. The molecule has 1 aromatic rings. The maximum absolute atomic E-state index is 11.4. The summed E-state index contributed by atoms with van der Waals surface area (Å²) in [7, 11) is -3.16. The second-order valence-electron chi connectivity index (χ2n) is 3.25. The van der Waals surface area contributed by atoms with Crippen LogP contribution in [0, 0.1) is 0 Å². The van der Waals surface area contributed by atoms with Crippen LogP contribution in [0.3, 0.4) is 0 Å². The predicted octanol–water partition coefficient (Wildman–Crippen LogP) is 1.99. The molecule has 0 amide bonds. The van der Waals surface area contributed by atoms with Crippen LogP contribution < -0.4 is 0 Å². The fraction of sp³-hybridized carbons (Fsp3) is 0.444. The smallest absolute Gasteiger partial charge is 0.178 e. The lowest BCUT2D eigenvalue weighted by Gasteiger charge is -2.07. The van der Waals surface area contributed by atoms with Crippen LogP contribution >= 0.6 is 11.8 Å². The molecule has 14 heavy (non-hydrogen) atoms. The average Bonchev–Trinajstić information content (AvgIpc) is 2.01. The highest BCUT2D eigenvalue weighted by Gasteiger charge is 2.14. The van der Waals surface area contributed by atoms with Gasteiger partial charge < -0.3 is 0 Å². The lowest BCUT2D eigenvalue weighted by Crippen LogP contribution is -2.02. The normalized spacial score (nSPS) is 12.0. The fourth-order valence-corrected chi connectivity index (χ4v) is 3.02. The van der Waals surface area contributed by atoms with E-state index in [0.717, 1.165) is 0 Å². The summed E-state index contributed by atoms with van der Waals surface area (Å²) in [5.41, 5.74) is 0. The molecule has 1 rings (SSSR count). The van der Waals surface area contributed by atoms with Gasteiger partial charge in [0.2, 0.25) is 0 Å². The minimum absolute atomic E-state index is 0.318. The number of thioether (sulfide) groups is 1. The minimum atomic E-state index is -3.16. The summed E-state index contributed by atoms with van der Waals surface area (Å²) in [5, 5.41) is 0.912. The van der Waals surface area contributed by atoms with Gasteiger partial charge in [-0.3, -0.25) is 0 Å². The number of aromatic nitrogens is 1. The van der Waals surface area contributed by atoms with Gasteiger partial charge in [0.05, 0.1) is 4.90 Å². The van der Waals surface area contributed by atoms with E-state index in [1.807, 2.05) is 13.8 Å². The van der Waals surface area contributed by atoms with Gasteiger partial charge in [-0.25, -0.2) is 13.4 Å². The van der Waals surface area contributed by atoms with E-state index >= 15 is 0 Å². The van der Waals surface area contributed by atoms with E-state index in [2.05, 4.69) is 4.98 Å². The minimum Gasteiger partial charge on any atom is -0.249 e. The van der Waals surface area contributed by atoms with Crippen LogP contribution in [0.2, 0.25) is 0 Å². The molecule has 0 unspecified atom stereocenters. The van der Waals surface area contributed by atoms with Crippen LogP contribution in [0.4, 0.5) is 0 Å². The second-order valence-corrected chi connectivity index (χ2v) is 6.79. The van der Waals surface area contributed by atoms with Gasteiger partial charge in [-0.2, -0.15) is 0 Å². The van der Waals surface area contributed by atoms with E-state index in [9.17, 15) is 8.42 Å². The molecule has 0 saturated heterocycles. The van der Waals surface area contributed by atoms with E-state index in [0.29, 0.717) is 15.2 Å². The number of pyridine rings is 1. The average molecular weight is 231 g/mol. The van der Waals surface area contributed by atoms with E-state index in [1.165, 1.54) is 18.0 Å². The zero-order valence-corrected chi connectivity index (χ0v) is 10.0.